The van der Waals surface area contributed by atoms with Crippen LogP contribution >= 0.6 is 15.9 Å². The third kappa shape index (κ3) is 4.55. The van der Waals surface area contributed by atoms with Crippen LogP contribution in [-0.4, -0.2) is 22.9 Å². The molecule has 0 fully saturated rings. The van der Waals surface area contributed by atoms with Crippen molar-refractivity contribution in [3.8, 4) is 5.75 Å². The van der Waals surface area contributed by atoms with Crippen LogP contribution in [0.3, 0.4) is 0 Å². The zero-order valence-electron chi connectivity index (χ0n) is 13.6. The largest absolute Gasteiger partial charge is 0.481 e. The summed E-state index contributed by atoms with van der Waals surface area (Å²) in [4.78, 5) is 27.9. The summed E-state index contributed by atoms with van der Waals surface area (Å²) in [7, 11) is 0. The molecule has 1 aromatic heterocycles. The van der Waals surface area contributed by atoms with Crippen LogP contribution in [0.2, 0.25) is 0 Å². The Kier molecular flexibility index (Phi) is 5.92. The molecule has 0 unspecified atom stereocenters. The van der Waals surface area contributed by atoms with Gasteiger partial charge in [-0.05, 0) is 60.0 Å². The van der Waals surface area contributed by atoms with Crippen molar-refractivity contribution >= 4 is 27.7 Å². The van der Waals surface area contributed by atoms with Crippen molar-refractivity contribution in [2.24, 2.45) is 0 Å². The molecule has 0 spiro atoms. The fourth-order valence-electron chi connectivity index (χ4n) is 1.92. The molecule has 7 heteroatoms. The fourth-order valence-corrected chi connectivity index (χ4v) is 2.29. The van der Waals surface area contributed by atoms with Crippen molar-refractivity contribution in [2.45, 2.75) is 26.9 Å². The molecule has 2 N–H and O–H groups in total. The van der Waals surface area contributed by atoms with Crippen molar-refractivity contribution in [2.75, 3.05) is 0 Å². The first-order valence-corrected chi connectivity index (χ1v) is 8.11. The predicted octanol–water partition coefficient (Wildman–Crippen LogP) is 2.69. The van der Waals surface area contributed by atoms with Crippen LogP contribution in [0.1, 0.15) is 28.4 Å². The highest BCUT2D eigenvalue weighted by Gasteiger charge is 2.17. The molecule has 24 heavy (non-hydrogen) atoms. The third-order valence-corrected chi connectivity index (χ3v) is 3.93. The van der Waals surface area contributed by atoms with Crippen LogP contribution < -0.4 is 15.6 Å². The summed E-state index contributed by atoms with van der Waals surface area (Å²) in [6.07, 6.45) is 2.21. The number of carbonyl (C=O) groups is 2. The number of carbonyl (C=O) groups excluding carboxylic acids is 2. The SMILES string of the molecule is Cc1cccc(O[C@@H](C)C(=O)NNC(=O)c2cncc(Br)c2)c1C. The van der Waals surface area contributed by atoms with Gasteiger partial charge < -0.3 is 4.74 Å². The fraction of sp³-hybridized carbons (Fsp3) is 0.235. The molecule has 126 valence electrons. The molecule has 6 nitrogen and oxygen atoms in total. The average Bonchev–Trinajstić information content (AvgIpc) is 2.56. The molecule has 2 amide bonds. The van der Waals surface area contributed by atoms with E-state index in [0.29, 0.717) is 15.8 Å². The van der Waals surface area contributed by atoms with E-state index in [4.69, 9.17) is 4.74 Å². The number of pyridine rings is 1. The van der Waals surface area contributed by atoms with E-state index in [1.54, 1.807) is 25.3 Å². The molecule has 1 heterocycles. The second-order valence-electron chi connectivity index (χ2n) is 5.29. The normalized spacial score (nSPS) is 11.5. The summed E-state index contributed by atoms with van der Waals surface area (Å²) in [5.41, 5.74) is 7.07. The van der Waals surface area contributed by atoms with Gasteiger partial charge in [0.05, 0.1) is 5.56 Å². The zero-order valence-corrected chi connectivity index (χ0v) is 15.2. The average molecular weight is 392 g/mol. The zero-order chi connectivity index (χ0) is 17.7. The van der Waals surface area contributed by atoms with Crippen LogP contribution in [-0.2, 0) is 4.79 Å². The number of hydrogen-bond donors (Lipinski definition) is 2. The molecule has 1 aromatic carbocycles. The minimum atomic E-state index is -0.758. The number of hydrogen-bond acceptors (Lipinski definition) is 4. The monoisotopic (exact) mass is 391 g/mol. The van der Waals surface area contributed by atoms with Gasteiger partial charge >= 0.3 is 0 Å². The van der Waals surface area contributed by atoms with E-state index in [1.165, 1.54) is 6.20 Å². The lowest BCUT2D eigenvalue weighted by Gasteiger charge is -2.17. The molecule has 0 bridgehead atoms. The summed E-state index contributed by atoms with van der Waals surface area (Å²) in [5.74, 6) is -0.275. The molecule has 0 aliphatic heterocycles. The van der Waals surface area contributed by atoms with Gasteiger partial charge in [0.2, 0.25) is 0 Å². The maximum absolute atomic E-state index is 12.1. The topological polar surface area (TPSA) is 80.3 Å². The third-order valence-electron chi connectivity index (χ3n) is 3.49. The van der Waals surface area contributed by atoms with E-state index in [-0.39, 0.29) is 0 Å². The predicted molar refractivity (Wildman–Crippen MR) is 93.6 cm³/mol. The number of benzene rings is 1. The highest BCUT2D eigenvalue weighted by atomic mass is 79.9. The molecular formula is C17H18BrN3O3. The second-order valence-corrected chi connectivity index (χ2v) is 6.21. The molecule has 1 atom stereocenters. The summed E-state index contributed by atoms with van der Waals surface area (Å²) in [5, 5.41) is 0. The Balaban J connectivity index is 1.92. The number of ether oxygens (including phenoxy) is 1. The second kappa shape index (κ2) is 7.92. The van der Waals surface area contributed by atoms with Crippen LogP contribution in [0.4, 0.5) is 0 Å². The Morgan fingerprint density at radius 1 is 1.21 bits per heavy atom. The Labute approximate surface area is 148 Å². The van der Waals surface area contributed by atoms with Gasteiger partial charge in [-0.3, -0.25) is 25.4 Å². The van der Waals surface area contributed by atoms with E-state index >= 15 is 0 Å². The summed E-state index contributed by atoms with van der Waals surface area (Å²) in [6, 6.07) is 7.24. The van der Waals surface area contributed by atoms with Crippen molar-refractivity contribution in [3.05, 3.63) is 57.8 Å². The lowest BCUT2D eigenvalue weighted by atomic mass is 10.1. The minimum Gasteiger partial charge on any atom is -0.481 e. The number of rotatable bonds is 4. The Hall–Kier alpha value is -2.41. The summed E-state index contributed by atoms with van der Waals surface area (Å²) >= 11 is 3.23. The van der Waals surface area contributed by atoms with Gasteiger partial charge in [0.1, 0.15) is 5.75 Å². The molecule has 2 rings (SSSR count). The van der Waals surface area contributed by atoms with Gasteiger partial charge in [0, 0.05) is 16.9 Å². The lowest BCUT2D eigenvalue weighted by molar-refractivity contribution is -0.128. The van der Waals surface area contributed by atoms with Crippen molar-refractivity contribution < 1.29 is 14.3 Å². The molecule has 0 saturated carbocycles. The van der Waals surface area contributed by atoms with Gasteiger partial charge in [-0.25, -0.2) is 0 Å². The minimum absolute atomic E-state index is 0.327. The van der Waals surface area contributed by atoms with E-state index in [1.807, 2.05) is 26.0 Å². The van der Waals surface area contributed by atoms with Gasteiger partial charge in [-0.1, -0.05) is 12.1 Å². The lowest BCUT2D eigenvalue weighted by Crippen LogP contribution is -2.47. The number of amides is 2. The smallest absolute Gasteiger partial charge is 0.279 e. The maximum atomic E-state index is 12.1. The summed E-state index contributed by atoms with van der Waals surface area (Å²) < 4.78 is 6.34. The number of halogens is 1. The molecule has 0 aliphatic rings. The van der Waals surface area contributed by atoms with Crippen LogP contribution in [0.15, 0.2) is 41.1 Å². The number of nitrogens with one attached hydrogen (secondary N) is 2. The molecule has 0 saturated heterocycles. The molecule has 0 radical (unpaired) electrons. The van der Waals surface area contributed by atoms with E-state index in [0.717, 1.165) is 11.1 Å². The van der Waals surface area contributed by atoms with Gasteiger partial charge in [-0.2, -0.15) is 0 Å². The van der Waals surface area contributed by atoms with Gasteiger partial charge in [0.15, 0.2) is 6.10 Å². The first-order chi connectivity index (χ1) is 11.4. The first kappa shape index (κ1) is 17.9. The highest BCUT2D eigenvalue weighted by molar-refractivity contribution is 9.10. The molecule has 0 aliphatic carbocycles. The number of aromatic nitrogens is 1. The Bertz CT molecular complexity index is 764. The quantitative estimate of drug-likeness (QED) is 0.785. The van der Waals surface area contributed by atoms with E-state index in [2.05, 4.69) is 31.8 Å². The molecular weight excluding hydrogens is 374 g/mol. The van der Waals surface area contributed by atoms with Crippen LogP contribution in [0.5, 0.6) is 5.75 Å². The maximum Gasteiger partial charge on any atom is 0.279 e. The Morgan fingerprint density at radius 3 is 2.67 bits per heavy atom. The van der Waals surface area contributed by atoms with Crippen LogP contribution in [0.25, 0.3) is 0 Å². The number of nitrogens with zero attached hydrogens (tertiary/aromatic N) is 1. The van der Waals surface area contributed by atoms with Crippen molar-refractivity contribution in [3.63, 3.8) is 0 Å². The van der Waals surface area contributed by atoms with E-state index in [9.17, 15) is 9.59 Å². The van der Waals surface area contributed by atoms with Gasteiger partial charge in [-0.15, -0.1) is 0 Å². The number of aryl methyl sites for hydroxylation is 1. The summed E-state index contributed by atoms with van der Waals surface area (Å²) in [6.45, 7) is 5.51. The van der Waals surface area contributed by atoms with Crippen LogP contribution in [0, 0.1) is 13.8 Å². The van der Waals surface area contributed by atoms with Gasteiger partial charge in [0.25, 0.3) is 11.8 Å². The highest BCUT2D eigenvalue weighted by Crippen LogP contribution is 2.21. The van der Waals surface area contributed by atoms with Crippen molar-refractivity contribution in [1.82, 2.24) is 15.8 Å². The van der Waals surface area contributed by atoms with E-state index < -0.39 is 17.9 Å². The van der Waals surface area contributed by atoms with Crippen molar-refractivity contribution in [1.29, 1.82) is 0 Å². The Morgan fingerprint density at radius 2 is 1.96 bits per heavy atom. The number of hydrazine groups is 1. The molecule has 2 aromatic rings. The standard InChI is InChI=1S/C17H18BrN3O3/c1-10-5-4-6-15(11(10)2)24-12(3)16(22)20-21-17(23)13-7-14(18)9-19-8-13/h4-9,12H,1-3H3,(H,20,22)(H,21,23)/t12-/m0/s1. The first-order valence-electron chi connectivity index (χ1n) is 7.32.